The van der Waals surface area contributed by atoms with Crippen molar-refractivity contribution in [3.63, 3.8) is 0 Å². The lowest BCUT2D eigenvalue weighted by molar-refractivity contribution is 0.368. The van der Waals surface area contributed by atoms with Gasteiger partial charge in [0.05, 0.1) is 29.5 Å². The van der Waals surface area contributed by atoms with E-state index in [4.69, 9.17) is 17.3 Å². The summed E-state index contributed by atoms with van der Waals surface area (Å²) in [5, 5.41) is 4.96. The normalized spacial score (nSPS) is 12.9. The molecule has 2 N–H and O–H groups in total. The summed E-state index contributed by atoms with van der Waals surface area (Å²) in [6.07, 6.45) is 1.67. The maximum atomic E-state index is 6.38. The molecule has 1 unspecified atom stereocenters. The van der Waals surface area contributed by atoms with Crippen LogP contribution in [0.2, 0.25) is 5.02 Å². The second-order valence-corrected chi connectivity index (χ2v) is 5.70. The van der Waals surface area contributed by atoms with Gasteiger partial charge < -0.3 is 10.6 Å². The van der Waals surface area contributed by atoms with Crippen molar-refractivity contribution in [2.75, 3.05) is 20.6 Å². The van der Waals surface area contributed by atoms with Gasteiger partial charge in [-0.2, -0.15) is 5.10 Å². The minimum absolute atomic E-state index is 0.257. The topological polar surface area (TPSA) is 47.1 Å². The lowest BCUT2D eigenvalue weighted by Gasteiger charge is -2.17. The number of hydrogen-bond donors (Lipinski definition) is 1. The molecule has 2 rings (SSSR count). The van der Waals surface area contributed by atoms with Crippen LogP contribution in [0.3, 0.4) is 0 Å². The molecule has 1 aromatic carbocycles. The third kappa shape index (κ3) is 3.39. The van der Waals surface area contributed by atoms with Crippen LogP contribution >= 0.6 is 11.6 Å². The molecular weight excluding hydrogens is 272 g/mol. The van der Waals surface area contributed by atoms with Crippen molar-refractivity contribution < 1.29 is 0 Å². The van der Waals surface area contributed by atoms with Gasteiger partial charge in [-0.15, -0.1) is 0 Å². The molecule has 0 saturated heterocycles. The standard InChI is InChI=1S/C15H21ClN4/c1-11-5-4-6-12(9-11)14(17)15-13(16)10-18-20(15)8-7-19(2)3/h4-6,9-10,14H,7-8,17H2,1-3H3. The van der Waals surface area contributed by atoms with Crippen LogP contribution in [0.5, 0.6) is 0 Å². The molecule has 0 bridgehead atoms. The number of nitrogens with zero attached hydrogens (tertiary/aromatic N) is 3. The van der Waals surface area contributed by atoms with E-state index in [1.165, 1.54) is 5.56 Å². The Kier molecular flexibility index (Phi) is 4.81. The van der Waals surface area contributed by atoms with E-state index < -0.39 is 0 Å². The number of halogens is 1. The average Bonchev–Trinajstić information content (AvgIpc) is 2.76. The average molecular weight is 293 g/mol. The summed E-state index contributed by atoms with van der Waals surface area (Å²) in [4.78, 5) is 2.11. The second kappa shape index (κ2) is 6.39. The third-order valence-electron chi connectivity index (χ3n) is 3.29. The molecule has 0 radical (unpaired) electrons. The van der Waals surface area contributed by atoms with E-state index in [0.717, 1.165) is 24.3 Å². The predicted octanol–water partition coefficient (Wildman–Crippen LogP) is 2.45. The highest BCUT2D eigenvalue weighted by Gasteiger charge is 2.18. The van der Waals surface area contributed by atoms with Gasteiger partial charge >= 0.3 is 0 Å². The zero-order chi connectivity index (χ0) is 14.7. The highest BCUT2D eigenvalue weighted by Crippen LogP contribution is 2.26. The molecule has 1 aromatic heterocycles. The molecule has 0 aliphatic carbocycles. The van der Waals surface area contributed by atoms with Gasteiger partial charge in [-0.05, 0) is 26.6 Å². The van der Waals surface area contributed by atoms with E-state index in [9.17, 15) is 0 Å². The number of aromatic nitrogens is 2. The Morgan fingerprint density at radius 1 is 1.40 bits per heavy atom. The molecule has 1 atom stereocenters. The first-order valence-electron chi connectivity index (χ1n) is 6.67. The third-order valence-corrected chi connectivity index (χ3v) is 3.58. The molecule has 0 aliphatic rings. The minimum Gasteiger partial charge on any atom is -0.319 e. The predicted molar refractivity (Wildman–Crippen MR) is 83.0 cm³/mol. The van der Waals surface area contributed by atoms with Crippen LogP contribution in [0, 0.1) is 6.92 Å². The maximum Gasteiger partial charge on any atom is 0.0837 e. The van der Waals surface area contributed by atoms with Gasteiger partial charge in [-0.25, -0.2) is 0 Å². The Morgan fingerprint density at radius 2 is 2.15 bits per heavy atom. The Labute approximate surface area is 125 Å². The van der Waals surface area contributed by atoms with Gasteiger partial charge in [-0.3, -0.25) is 4.68 Å². The monoisotopic (exact) mass is 292 g/mol. The molecule has 1 heterocycles. The molecule has 0 saturated carbocycles. The van der Waals surface area contributed by atoms with Crippen LogP contribution in [0.25, 0.3) is 0 Å². The highest BCUT2D eigenvalue weighted by molar-refractivity contribution is 6.31. The van der Waals surface area contributed by atoms with Crippen LogP contribution in [0.1, 0.15) is 22.9 Å². The van der Waals surface area contributed by atoms with Gasteiger partial charge in [0.2, 0.25) is 0 Å². The van der Waals surface area contributed by atoms with Crippen LogP contribution in [-0.2, 0) is 6.54 Å². The zero-order valence-electron chi connectivity index (χ0n) is 12.2. The Hall–Kier alpha value is -1.36. The highest BCUT2D eigenvalue weighted by atomic mass is 35.5. The van der Waals surface area contributed by atoms with Gasteiger partial charge in [-0.1, -0.05) is 41.4 Å². The fraction of sp³-hybridized carbons (Fsp3) is 0.400. The summed E-state index contributed by atoms with van der Waals surface area (Å²) in [5.74, 6) is 0. The van der Waals surface area contributed by atoms with E-state index in [1.807, 2.05) is 30.9 Å². The molecular formula is C15H21ClN4. The van der Waals surface area contributed by atoms with Crippen molar-refractivity contribution in [1.82, 2.24) is 14.7 Å². The van der Waals surface area contributed by atoms with Crippen molar-refractivity contribution >= 4 is 11.6 Å². The smallest absolute Gasteiger partial charge is 0.0837 e. The lowest BCUT2D eigenvalue weighted by atomic mass is 10.0. The molecule has 5 heteroatoms. The second-order valence-electron chi connectivity index (χ2n) is 5.30. The fourth-order valence-electron chi connectivity index (χ4n) is 2.18. The summed E-state index contributed by atoms with van der Waals surface area (Å²) in [5.41, 5.74) is 9.50. The van der Waals surface area contributed by atoms with Crippen LogP contribution in [0.15, 0.2) is 30.5 Å². The number of benzene rings is 1. The van der Waals surface area contributed by atoms with Gasteiger partial charge in [0, 0.05) is 6.54 Å². The van der Waals surface area contributed by atoms with E-state index in [1.54, 1.807) is 6.20 Å². The number of rotatable bonds is 5. The van der Waals surface area contributed by atoms with Crippen molar-refractivity contribution in [3.8, 4) is 0 Å². The Balaban J connectivity index is 2.29. The van der Waals surface area contributed by atoms with Crippen LogP contribution in [0.4, 0.5) is 0 Å². The number of aryl methyl sites for hydroxylation is 1. The molecule has 0 aliphatic heterocycles. The first-order chi connectivity index (χ1) is 9.49. The summed E-state index contributed by atoms with van der Waals surface area (Å²) in [6.45, 7) is 3.72. The van der Waals surface area contributed by atoms with Crippen molar-refractivity contribution in [2.45, 2.75) is 19.5 Å². The molecule has 0 spiro atoms. The Bertz CT molecular complexity index is 577. The van der Waals surface area contributed by atoms with E-state index in [0.29, 0.717) is 5.02 Å². The number of likely N-dealkylation sites (N-methyl/N-ethyl adjacent to an activating group) is 1. The first-order valence-corrected chi connectivity index (χ1v) is 7.05. The largest absolute Gasteiger partial charge is 0.319 e. The van der Waals surface area contributed by atoms with Crippen LogP contribution < -0.4 is 5.73 Å². The van der Waals surface area contributed by atoms with Crippen molar-refractivity contribution in [2.24, 2.45) is 5.73 Å². The van der Waals surface area contributed by atoms with Crippen molar-refractivity contribution in [3.05, 3.63) is 52.3 Å². The van der Waals surface area contributed by atoms with E-state index in [-0.39, 0.29) is 6.04 Å². The lowest BCUT2D eigenvalue weighted by Crippen LogP contribution is -2.23. The first kappa shape index (κ1) is 15.0. The SMILES string of the molecule is Cc1cccc(C(N)c2c(Cl)cnn2CCN(C)C)c1. The minimum atomic E-state index is -0.257. The number of hydrogen-bond acceptors (Lipinski definition) is 3. The van der Waals surface area contributed by atoms with Gasteiger partial charge in [0.25, 0.3) is 0 Å². The van der Waals surface area contributed by atoms with E-state index >= 15 is 0 Å². The fourth-order valence-corrected chi connectivity index (χ4v) is 2.43. The molecule has 20 heavy (non-hydrogen) atoms. The van der Waals surface area contributed by atoms with Gasteiger partial charge in [0.15, 0.2) is 0 Å². The molecule has 108 valence electrons. The summed E-state index contributed by atoms with van der Waals surface area (Å²) in [6, 6.07) is 7.92. The zero-order valence-corrected chi connectivity index (χ0v) is 12.9. The molecule has 4 nitrogen and oxygen atoms in total. The Morgan fingerprint density at radius 3 is 2.80 bits per heavy atom. The van der Waals surface area contributed by atoms with Crippen LogP contribution in [-0.4, -0.2) is 35.3 Å². The van der Waals surface area contributed by atoms with Crippen molar-refractivity contribution in [1.29, 1.82) is 0 Å². The quantitative estimate of drug-likeness (QED) is 0.921. The summed E-state index contributed by atoms with van der Waals surface area (Å²) >= 11 is 6.27. The summed E-state index contributed by atoms with van der Waals surface area (Å²) in [7, 11) is 4.07. The van der Waals surface area contributed by atoms with Gasteiger partial charge in [0.1, 0.15) is 0 Å². The molecule has 2 aromatic rings. The summed E-state index contributed by atoms with van der Waals surface area (Å²) < 4.78 is 1.90. The molecule has 0 fully saturated rings. The number of nitrogens with two attached hydrogens (primary N) is 1. The maximum absolute atomic E-state index is 6.38. The van der Waals surface area contributed by atoms with E-state index in [2.05, 4.69) is 29.1 Å². The molecule has 0 amide bonds.